The molecule has 3 saturated heterocycles. The van der Waals surface area contributed by atoms with Crippen molar-refractivity contribution in [2.75, 3.05) is 26.9 Å². The summed E-state index contributed by atoms with van der Waals surface area (Å²) in [7, 11) is 1.60. The molecule has 1 aromatic rings. The number of benzene rings is 1. The van der Waals surface area contributed by atoms with Crippen LogP contribution in [-0.2, 0) is 28.4 Å². The molecule has 0 aliphatic carbocycles. The number of rotatable bonds is 2. The molecule has 1 aromatic carbocycles. The maximum atomic E-state index is 6.19. The summed E-state index contributed by atoms with van der Waals surface area (Å²) in [6, 6.07) is 9.85. The first kappa shape index (κ1) is 16.2. The third-order valence-corrected chi connectivity index (χ3v) is 4.55. The number of ether oxygens (including phenoxy) is 6. The molecule has 6 nitrogen and oxygen atoms in total. The van der Waals surface area contributed by atoms with Crippen LogP contribution in [0.1, 0.15) is 11.9 Å². The Morgan fingerprint density at radius 3 is 2.46 bits per heavy atom. The van der Waals surface area contributed by atoms with Gasteiger partial charge in [-0.05, 0) is 5.57 Å². The highest BCUT2D eigenvalue weighted by Gasteiger charge is 2.52. The fourth-order valence-electron chi connectivity index (χ4n) is 3.35. The van der Waals surface area contributed by atoms with E-state index in [4.69, 9.17) is 28.4 Å². The normalized spacial score (nSPS) is 39.6. The van der Waals surface area contributed by atoms with Crippen molar-refractivity contribution in [1.29, 1.82) is 0 Å². The summed E-state index contributed by atoms with van der Waals surface area (Å²) in [6.45, 7) is 5.24. The third-order valence-electron chi connectivity index (χ3n) is 4.55. The molecule has 24 heavy (non-hydrogen) atoms. The van der Waals surface area contributed by atoms with E-state index in [2.05, 4.69) is 6.58 Å². The number of methoxy groups -OCH3 is 1. The minimum absolute atomic E-state index is 0.258. The molecule has 6 heteroatoms. The smallest absolute Gasteiger partial charge is 0.186 e. The van der Waals surface area contributed by atoms with E-state index in [0.717, 1.165) is 11.1 Å². The van der Waals surface area contributed by atoms with Gasteiger partial charge in [0.05, 0.1) is 19.8 Å². The molecule has 3 aliphatic rings. The predicted molar refractivity (Wildman–Crippen MR) is 84.3 cm³/mol. The van der Waals surface area contributed by atoms with E-state index in [0.29, 0.717) is 19.8 Å². The van der Waals surface area contributed by atoms with Crippen LogP contribution < -0.4 is 0 Å². The molecule has 3 aliphatic heterocycles. The Bertz CT molecular complexity index is 576. The van der Waals surface area contributed by atoms with Crippen molar-refractivity contribution < 1.29 is 28.4 Å². The van der Waals surface area contributed by atoms with Gasteiger partial charge in [-0.15, -0.1) is 0 Å². The molecule has 130 valence electrons. The number of fused-ring (bicyclic) bond motifs is 3. The molecule has 0 aromatic heterocycles. The second-order valence-electron chi connectivity index (χ2n) is 6.26. The van der Waals surface area contributed by atoms with Crippen LogP contribution in [0.4, 0.5) is 0 Å². The Morgan fingerprint density at radius 2 is 1.71 bits per heavy atom. The Labute approximate surface area is 141 Å². The lowest BCUT2D eigenvalue weighted by molar-refractivity contribution is -0.363. The minimum atomic E-state index is -0.511. The first-order valence-corrected chi connectivity index (χ1v) is 8.16. The Morgan fingerprint density at radius 1 is 0.958 bits per heavy atom. The zero-order valence-electron chi connectivity index (χ0n) is 13.6. The Hall–Kier alpha value is -1.28. The van der Waals surface area contributed by atoms with E-state index in [1.807, 2.05) is 30.3 Å². The molecule has 0 unspecified atom stereocenters. The van der Waals surface area contributed by atoms with Crippen LogP contribution in [0.3, 0.4) is 0 Å². The molecular weight excluding hydrogens is 312 g/mol. The van der Waals surface area contributed by atoms with Crippen LogP contribution in [0.2, 0.25) is 0 Å². The lowest BCUT2D eigenvalue weighted by atomic mass is 9.97. The minimum Gasteiger partial charge on any atom is -0.368 e. The van der Waals surface area contributed by atoms with Crippen LogP contribution in [0.15, 0.2) is 42.5 Å². The van der Waals surface area contributed by atoms with E-state index >= 15 is 0 Å². The van der Waals surface area contributed by atoms with Gasteiger partial charge in [0.25, 0.3) is 0 Å². The Kier molecular flexibility index (Phi) is 4.67. The highest BCUT2D eigenvalue weighted by atomic mass is 16.8. The van der Waals surface area contributed by atoms with Gasteiger partial charge in [0.2, 0.25) is 0 Å². The molecule has 0 saturated carbocycles. The summed E-state index contributed by atoms with van der Waals surface area (Å²) in [6.07, 6.45) is -2.14. The number of hydrogen-bond acceptors (Lipinski definition) is 6. The van der Waals surface area contributed by atoms with Gasteiger partial charge >= 0.3 is 0 Å². The fourth-order valence-corrected chi connectivity index (χ4v) is 3.35. The van der Waals surface area contributed by atoms with Gasteiger partial charge in [-0.1, -0.05) is 36.9 Å². The van der Waals surface area contributed by atoms with E-state index < -0.39 is 12.6 Å². The van der Waals surface area contributed by atoms with Crippen molar-refractivity contribution >= 4 is 0 Å². The largest absolute Gasteiger partial charge is 0.368 e. The van der Waals surface area contributed by atoms with Gasteiger partial charge in [-0.3, -0.25) is 0 Å². The lowest BCUT2D eigenvalue weighted by Gasteiger charge is -2.47. The monoisotopic (exact) mass is 334 g/mol. The Balaban J connectivity index is 1.57. The number of hydrogen-bond donors (Lipinski definition) is 0. The molecule has 0 amide bonds. The lowest BCUT2D eigenvalue weighted by Crippen LogP contribution is -2.63. The van der Waals surface area contributed by atoms with Crippen molar-refractivity contribution in [1.82, 2.24) is 0 Å². The average molecular weight is 334 g/mol. The molecular formula is C18H22O6. The van der Waals surface area contributed by atoms with Gasteiger partial charge in [0, 0.05) is 12.7 Å². The summed E-state index contributed by atoms with van der Waals surface area (Å²) in [5.41, 5.74) is 1.86. The van der Waals surface area contributed by atoms with Crippen molar-refractivity contribution in [3.05, 3.63) is 48.0 Å². The van der Waals surface area contributed by atoms with Gasteiger partial charge in [-0.25, -0.2) is 0 Å². The molecule has 0 spiro atoms. The van der Waals surface area contributed by atoms with E-state index in [1.54, 1.807) is 7.11 Å². The standard InChI is InChI=1S/C18H22O6/c1-11-8-20-15-14-13(23-18(19-2)16(15)21-9-11)10-22-17(24-14)12-6-4-3-5-7-12/h3-7,13-18H,1,8-10H2,2H3/t13-,14-,15+,16-,17-,18+/m1/s1. The van der Waals surface area contributed by atoms with E-state index in [9.17, 15) is 0 Å². The quantitative estimate of drug-likeness (QED) is 0.769. The van der Waals surface area contributed by atoms with Crippen molar-refractivity contribution in [3.63, 3.8) is 0 Å². The maximum absolute atomic E-state index is 6.19. The van der Waals surface area contributed by atoms with Crippen LogP contribution in [-0.4, -0.2) is 57.6 Å². The topological polar surface area (TPSA) is 55.4 Å². The van der Waals surface area contributed by atoms with Gasteiger partial charge < -0.3 is 28.4 Å². The van der Waals surface area contributed by atoms with E-state index in [-0.39, 0.29) is 24.4 Å². The zero-order valence-corrected chi connectivity index (χ0v) is 13.6. The van der Waals surface area contributed by atoms with Crippen LogP contribution in [0, 0.1) is 0 Å². The highest BCUT2D eigenvalue weighted by Crippen LogP contribution is 2.37. The summed E-state index contributed by atoms with van der Waals surface area (Å²) in [5.74, 6) is 0. The van der Waals surface area contributed by atoms with Gasteiger partial charge in [0.1, 0.15) is 24.4 Å². The first-order valence-electron chi connectivity index (χ1n) is 8.16. The van der Waals surface area contributed by atoms with Crippen LogP contribution in [0.5, 0.6) is 0 Å². The third kappa shape index (κ3) is 3.01. The average Bonchev–Trinajstić information content (AvgIpc) is 2.83. The molecule has 0 radical (unpaired) electrons. The van der Waals surface area contributed by atoms with Crippen molar-refractivity contribution in [3.8, 4) is 0 Å². The zero-order chi connectivity index (χ0) is 16.5. The second kappa shape index (κ2) is 6.92. The second-order valence-corrected chi connectivity index (χ2v) is 6.26. The summed E-state index contributed by atoms with van der Waals surface area (Å²) < 4.78 is 35.4. The van der Waals surface area contributed by atoms with Crippen LogP contribution in [0.25, 0.3) is 0 Å². The summed E-state index contributed by atoms with van der Waals surface area (Å²) in [4.78, 5) is 0. The van der Waals surface area contributed by atoms with Crippen molar-refractivity contribution in [2.24, 2.45) is 0 Å². The van der Waals surface area contributed by atoms with Gasteiger partial charge in [0.15, 0.2) is 12.6 Å². The summed E-state index contributed by atoms with van der Waals surface area (Å²) >= 11 is 0. The molecule has 3 heterocycles. The molecule has 4 rings (SSSR count). The van der Waals surface area contributed by atoms with Crippen molar-refractivity contribution in [2.45, 2.75) is 37.0 Å². The predicted octanol–water partition coefficient (Wildman–Crippen LogP) is 1.81. The maximum Gasteiger partial charge on any atom is 0.186 e. The highest BCUT2D eigenvalue weighted by molar-refractivity contribution is 5.16. The van der Waals surface area contributed by atoms with E-state index in [1.165, 1.54) is 0 Å². The fraction of sp³-hybridized carbons (Fsp3) is 0.556. The molecule has 6 atom stereocenters. The van der Waals surface area contributed by atoms with Crippen LogP contribution >= 0.6 is 0 Å². The SMILES string of the molecule is C=C1CO[C@@H]2[C@@H](OC1)[C@@H](OC)O[C@@H]1CO[C@@H](c3ccccc3)O[C@@H]21. The first-order chi connectivity index (χ1) is 11.8. The molecule has 3 fully saturated rings. The van der Waals surface area contributed by atoms with Gasteiger partial charge in [-0.2, -0.15) is 0 Å². The summed E-state index contributed by atoms with van der Waals surface area (Å²) in [5, 5.41) is 0. The molecule has 0 N–H and O–H groups in total. The molecule has 0 bridgehead atoms.